The Hall–Kier alpha value is -2.37. The van der Waals surface area contributed by atoms with Gasteiger partial charge in [-0.1, -0.05) is 18.2 Å². The van der Waals surface area contributed by atoms with Gasteiger partial charge >= 0.3 is 5.97 Å². The van der Waals surface area contributed by atoms with Crippen molar-refractivity contribution in [1.29, 1.82) is 0 Å². The molecule has 0 spiro atoms. The largest absolute Gasteiger partial charge is 0.481 e. The first-order valence-corrected chi connectivity index (χ1v) is 9.27. The van der Waals surface area contributed by atoms with Gasteiger partial charge in [0, 0.05) is 24.7 Å². The molecule has 0 aromatic heterocycles. The quantitative estimate of drug-likeness (QED) is 0.865. The fraction of sp³-hybridized carbons (Fsp3) is 0.550. The molecule has 1 aliphatic heterocycles. The minimum atomic E-state index is -0.787. The summed E-state index contributed by atoms with van der Waals surface area (Å²) in [7, 11) is 0. The maximum atomic E-state index is 12.9. The van der Waals surface area contributed by atoms with Gasteiger partial charge in [-0.05, 0) is 51.2 Å². The third-order valence-corrected chi connectivity index (χ3v) is 5.67. The summed E-state index contributed by atoms with van der Waals surface area (Å²) in [6, 6.07) is 9.04. The minimum absolute atomic E-state index is 0.0452. The zero-order chi connectivity index (χ0) is 18.7. The van der Waals surface area contributed by atoms with Gasteiger partial charge < -0.3 is 15.3 Å². The highest BCUT2D eigenvalue weighted by Gasteiger charge is 2.41. The van der Waals surface area contributed by atoms with Crippen LogP contribution in [0.1, 0.15) is 49.4 Å². The van der Waals surface area contributed by atoms with Crippen LogP contribution in [0.5, 0.6) is 0 Å². The number of hydrogen-bond donors (Lipinski definition) is 2. The Morgan fingerprint density at radius 1 is 1.19 bits per heavy atom. The zero-order valence-electron chi connectivity index (χ0n) is 15.1. The smallest absolute Gasteiger partial charge is 0.306 e. The van der Waals surface area contributed by atoms with Crippen molar-refractivity contribution in [2.75, 3.05) is 13.1 Å². The number of carbonyl (C=O) groups excluding carboxylic acids is 2. The average molecular weight is 358 g/mol. The van der Waals surface area contributed by atoms with Crippen LogP contribution < -0.4 is 5.32 Å². The molecule has 140 valence electrons. The minimum Gasteiger partial charge on any atom is -0.481 e. The molecule has 6 heteroatoms. The first-order chi connectivity index (χ1) is 12.4. The molecule has 0 bridgehead atoms. The van der Waals surface area contributed by atoms with E-state index in [9.17, 15) is 14.4 Å². The molecule has 1 saturated heterocycles. The van der Waals surface area contributed by atoms with Crippen molar-refractivity contribution in [3.63, 3.8) is 0 Å². The van der Waals surface area contributed by atoms with Gasteiger partial charge in [0.05, 0.1) is 11.3 Å². The number of carboxylic acids is 1. The van der Waals surface area contributed by atoms with Crippen LogP contribution in [0.2, 0.25) is 0 Å². The Labute approximate surface area is 153 Å². The molecule has 6 nitrogen and oxygen atoms in total. The number of aliphatic carboxylic acids is 1. The second-order valence-corrected chi connectivity index (χ2v) is 7.78. The van der Waals surface area contributed by atoms with E-state index in [2.05, 4.69) is 5.32 Å². The predicted molar refractivity (Wildman–Crippen MR) is 96.6 cm³/mol. The lowest BCUT2D eigenvalue weighted by Gasteiger charge is -2.40. The second-order valence-electron chi connectivity index (χ2n) is 7.78. The van der Waals surface area contributed by atoms with E-state index in [1.807, 2.05) is 25.1 Å². The van der Waals surface area contributed by atoms with Crippen LogP contribution in [-0.2, 0) is 9.59 Å². The summed E-state index contributed by atoms with van der Waals surface area (Å²) in [5.41, 5.74) is 0.00142. The molecule has 1 saturated carbocycles. The van der Waals surface area contributed by atoms with Gasteiger partial charge in [-0.25, -0.2) is 0 Å². The lowest BCUT2D eigenvalue weighted by Crippen LogP contribution is -2.53. The topological polar surface area (TPSA) is 86.7 Å². The van der Waals surface area contributed by atoms with E-state index in [0.717, 1.165) is 12.8 Å². The highest BCUT2D eigenvalue weighted by atomic mass is 16.4. The maximum Gasteiger partial charge on any atom is 0.306 e. The summed E-state index contributed by atoms with van der Waals surface area (Å²) < 4.78 is 0. The molecule has 1 heterocycles. The Morgan fingerprint density at radius 2 is 1.92 bits per heavy atom. The Kier molecular flexibility index (Phi) is 5.30. The number of amides is 2. The van der Waals surface area contributed by atoms with Crippen molar-refractivity contribution in [3.05, 3.63) is 35.9 Å². The lowest BCUT2D eigenvalue weighted by atomic mass is 9.80. The van der Waals surface area contributed by atoms with Crippen LogP contribution in [-0.4, -0.2) is 46.9 Å². The summed E-state index contributed by atoms with van der Waals surface area (Å²) in [5.74, 6) is -1.27. The van der Waals surface area contributed by atoms with Crippen molar-refractivity contribution in [3.8, 4) is 0 Å². The van der Waals surface area contributed by atoms with Crippen molar-refractivity contribution in [2.24, 2.45) is 11.3 Å². The summed E-state index contributed by atoms with van der Waals surface area (Å²) in [6.45, 7) is 2.94. The third kappa shape index (κ3) is 3.89. The summed E-state index contributed by atoms with van der Waals surface area (Å²) in [4.78, 5) is 38.4. The molecule has 1 aromatic rings. The molecule has 26 heavy (non-hydrogen) atoms. The molecule has 1 aromatic carbocycles. The normalized spacial score (nSPS) is 28.6. The molecule has 2 aliphatic rings. The highest BCUT2D eigenvalue weighted by Crippen LogP contribution is 2.32. The number of nitrogens with one attached hydrogen (secondary N) is 1. The average Bonchev–Trinajstić information content (AvgIpc) is 3.11. The molecule has 1 aliphatic carbocycles. The van der Waals surface area contributed by atoms with Crippen molar-refractivity contribution in [2.45, 2.75) is 45.1 Å². The fourth-order valence-corrected chi connectivity index (χ4v) is 4.06. The number of nitrogens with zero attached hydrogens (tertiary/aromatic N) is 1. The number of hydrogen-bond acceptors (Lipinski definition) is 3. The molecule has 2 N–H and O–H groups in total. The van der Waals surface area contributed by atoms with Crippen LogP contribution in [0.4, 0.5) is 0 Å². The second kappa shape index (κ2) is 7.48. The number of benzene rings is 1. The molecule has 3 atom stereocenters. The van der Waals surface area contributed by atoms with E-state index in [0.29, 0.717) is 37.9 Å². The molecule has 0 radical (unpaired) electrons. The van der Waals surface area contributed by atoms with Gasteiger partial charge in [-0.2, -0.15) is 0 Å². The van der Waals surface area contributed by atoms with Gasteiger partial charge in [0.25, 0.3) is 5.91 Å². The molecular weight excluding hydrogens is 332 g/mol. The van der Waals surface area contributed by atoms with Crippen molar-refractivity contribution < 1.29 is 19.5 Å². The fourth-order valence-electron chi connectivity index (χ4n) is 4.06. The van der Waals surface area contributed by atoms with Crippen LogP contribution in [0.25, 0.3) is 0 Å². The predicted octanol–water partition coefficient (Wildman–Crippen LogP) is 2.30. The Bertz CT molecular complexity index is 690. The number of piperidine rings is 1. The Morgan fingerprint density at radius 3 is 2.58 bits per heavy atom. The van der Waals surface area contributed by atoms with E-state index in [1.165, 1.54) is 0 Å². The molecule has 1 unspecified atom stereocenters. The molecule has 3 rings (SSSR count). The summed E-state index contributed by atoms with van der Waals surface area (Å²) in [5, 5.41) is 12.1. The van der Waals surface area contributed by atoms with E-state index in [-0.39, 0.29) is 23.8 Å². The van der Waals surface area contributed by atoms with Gasteiger partial charge in [-0.3, -0.25) is 14.4 Å². The van der Waals surface area contributed by atoms with E-state index >= 15 is 0 Å². The molecular formula is C20H26N2O4. The van der Waals surface area contributed by atoms with E-state index < -0.39 is 11.4 Å². The summed E-state index contributed by atoms with van der Waals surface area (Å²) in [6.07, 6.45) is 3.31. The first kappa shape index (κ1) is 18.4. The summed E-state index contributed by atoms with van der Waals surface area (Å²) >= 11 is 0. The maximum absolute atomic E-state index is 12.9. The third-order valence-electron chi connectivity index (χ3n) is 5.67. The van der Waals surface area contributed by atoms with Crippen LogP contribution >= 0.6 is 0 Å². The van der Waals surface area contributed by atoms with Gasteiger partial charge in [0.15, 0.2) is 0 Å². The van der Waals surface area contributed by atoms with E-state index in [1.54, 1.807) is 17.0 Å². The van der Waals surface area contributed by atoms with Crippen LogP contribution in [0, 0.1) is 11.3 Å². The number of likely N-dealkylation sites (tertiary alicyclic amines) is 1. The van der Waals surface area contributed by atoms with Crippen molar-refractivity contribution >= 4 is 17.8 Å². The van der Waals surface area contributed by atoms with E-state index in [4.69, 9.17) is 5.11 Å². The van der Waals surface area contributed by atoms with Crippen LogP contribution in [0.3, 0.4) is 0 Å². The van der Waals surface area contributed by atoms with Crippen molar-refractivity contribution in [1.82, 2.24) is 10.2 Å². The monoisotopic (exact) mass is 358 g/mol. The number of carbonyl (C=O) groups is 3. The first-order valence-electron chi connectivity index (χ1n) is 9.27. The SMILES string of the molecule is CC1(C(=O)N[C@H]2CC[C@@H](C(=O)O)C2)CCCN(C(=O)c2ccccc2)C1. The van der Waals surface area contributed by atoms with Gasteiger partial charge in [0.1, 0.15) is 0 Å². The highest BCUT2D eigenvalue weighted by molar-refractivity contribution is 5.95. The Balaban J connectivity index is 1.62. The molecule has 2 amide bonds. The number of rotatable bonds is 4. The standard InChI is InChI=1S/C20H26N2O4/c1-20(19(26)21-16-9-8-15(12-16)18(24)25)10-5-11-22(13-20)17(23)14-6-3-2-4-7-14/h2-4,6-7,15-16H,5,8-13H2,1H3,(H,21,26)(H,24,25)/t15-,16+,20?/m1/s1. The van der Waals surface area contributed by atoms with Gasteiger partial charge in [0.2, 0.25) is 5.91 Å². The number of carboxylic acid groups (broad SMARTS) is 1. The van der Waals surface area contributed by atoms with Gasteiger partial charge in [-0.15, -0.1) is 0 Å². The van der Waals surface area contributed by atoms with Crippen LogP contribution in [0.15, 0.2) is 30.3 Å². The molecule has 2 fully saturated rings. The lowest BCUT2D eigenvalue weighted by molar-refractivity contribution is -0.141. The zero-order valence-corrected chi connectivity index (χ0v) is 15.1.